The Balaban J connectivity index is 1.28. The second-order valence-electron chi connectivity index (χ2n) is 9.64. The number of rotatable bonds is 9. The molecular formula is C29H30N8O4. The molecule has 1 aliphatic rings. The predicted octanol–water partition coefficient (Wildman–Crippen LogP) is 3.69. The molecule has 0 bridgehead atoms. The fourth-order valence-corrected chi connectivity index (χ4v) is 4.51. The van der Waals surface area contributed by atoms with Gasteiger partial charge in [-0.1, -0.05) is 6.07 Å². The minimum Gasteiger partial charge on any atom is -0.495 e. The molecule has 1 N–H and O–H groups in total. The van der Waals surface area contributed by atoms with Crippen molar-refractivity contribution in [3.05, 3.63) is 72.6 Å². The average Bonchev–Trinajstić information content (AvgIpc) is 3.50. The summed E-state index contributed by atoms with van der Waals surface area (Å²) < 4.78 is 18.8. The zero-order valence-electron chi connectivity index (χ0n) is 23.0. The van der Waals surface area contributed by atoms with Gasteiger partial charge >= 0.3 is 0 Å². The minimum atomic E-state index is -0.240. The Hall–Kier alpha value is -5.02. The van der Waals surface area contributed by atoms with Crippen LogP contribution in [0.25, 0.3) is 11.1 Å². The van der Waals surface area contributed by atoms with Crippen LogP contribution < -0.4 is 14.8 Å². The van der Waals surface area contributed by atoms with E-state index in [-0.39, 0.29) is 18.1 Å². The number of nitriles is 1. The first-order chi connectivity index (χ1) is 19.9. The Kier molecular flexibility index (Phi) is 8.36. The summed E-state index contributed by atoms with van der Waals surface area (Å²) >= 11 is 0. The molecule has 2 aromatic heterocycles. The smallest absolute Gasteiger partial charge is 0.254 e. The van der Waals surface area contributed by atoms with E-state index in [0.717, 1.165) is 11.1 Å². The van der Waals surface area contributed by atoms with Gasteiger partial charge in [0, 0.05) is 36.6 Å². The highest BCUT2D eigenvalue weighted by molar-refractivity contribution is 5.95. The van der Waals surface area contributed by atoms with Crippen LogP contribution in [-0.4, -0.2) is 74.6 Å². The number of ether oxygens (including phenoxy) is 3. The molecule has 1 saturated heterocycles. The number of hydrogen-bond acceptors (Lipinski definition) is 10. The fourth-order valence-electron chi connectivity index (χ4n) is 4.51. The van der Waals surface area contributed by atoms with Gasteiger partial charge in [0.1, 0.15) is 36.3 Å². The summed E-state index contributed by atoms with van der Waals surface area (Å²) in [6.07, 6.45) is 6.21. The molecule has 0 unspecified atom stereocenters. The van der Waals surface area contributed by atoms with Crippen molar-refractivity contribution in [2.75, 3.05) is 32.1 Å². The third-order valence-electron chi connectivity index (χ3n) is 6.55. The van der Waals surface area contributed by atoms with Crippen LogP contribution in [0.4, 0.5) is 11.6 Å². The zero-order valence-corrected chi connectivity index (χ0v) is 23.0. The molecule has 1 amide bonds. The van der Waals surface area contributed by atoms with Crippen molar-refractivity contribution in [1.29, 1.82) is 5.26 Å². The second-order valence-corrected chi connectivity index (χ2v) is 9.64. The lowest BCUT2D eigenvalue weighted by atomic mass is 10.1. The van der Waals surface area contributed by atoms with Gasteiger partial charge in [-0.15, -0.1) is 0 Å². The second kappa shape index (κ2) is 12.4. The van der Waals surface area contributed by atoms with E-state index in [1.54, 1.807) is 65.7 Å². The van der Waals surface area contributed by atoms with Crippen LogP contribution in [-0.2, 0) is 11.3 Å². The number of anilines is 2. The molecule has 4 aromatic rings. The normalized spacial score (nSPS) is 15.6. The molecule has 0 saturated carbocycles. The van der Waals surface area contributed by atoms with Gasteiger partial charge < -0.3 is 24.4 Å². The van der Waals surface area contributed by atoms with Gasteiger partial charge in [-0.05, 0) is 49.7 Å². The molecule has 2 aromatic carbocycles. The lowest BCUT2D eigenvalue weighted by Crippen LogP contribution is -2.44. The van der Waals surface area contributed by atoms with E-state index < -0.39 is 0 Å². The lowest BCUT2D eigenvalue weighted by molar-refractivity contribution is -0.0124. The molecule has 5 rings (SSSR count). The van der Waals surface area contributed by atoms with Gasteiger partial charge in [0.05, 0.1) is 37.6 Å². The number of nitrogens with one attached hydrogen (secondary N) is 1. The fraction of sp³-hybridized carbons (Fsp3) is 0.310. The van der Waals surface area contributed by atoms with E-state index in [2.05, 4.69) is 31.4 Å². The molecule has 12 nitrogen and oxygen atoms in total. The van der Waals surface area contributed by atoms with Crippen LogP contribution in [0.5, 0.6) is 11.5 Å². The highest BCUT2D eigenvalue weighted by atomic mass is 16.5. The van der Waals surface area contributed by atoms with Crippen LogP contribution in [0.3, 0.4) is 0 Å². The monoisotopic (exact) mass is 554 g/mol. The number of morpholine rings is 1. The lowest BCUT2D eigenvalue weighted by Gasteiger charge is -2.31. The summed E-state index contributed by atoms with van der Waals surface area (Å²) in [6, 6.07) is 12.8. The molecule has 210 valence electrons. The van der Waals surface area contributed by atoms with Crippen molar-refractivity contribution in [2.45, 2.75) is 32.6 Å². The Morgan fingerprint density at radius 2 is 2.02 bits per heavy atom. The molecule has 0 radical (unpaired) electrons. The molecule has 0 aliphatic carbocycles. The SMILES string of the molecule is COc1cc(C(=O)N2CCO[C@@H](C)C2)ccc1Nc1ncc(-c2ccc(C#N)c(O[C@@H](C)Cn3cncn3)c2)cn1. The van der Waals surface area contributed by atoms with E-state index in [1.165, 1.54) is 6.33 Å². The Labute approximate surface area is 237 Å². The van der Waals surface area contributed by atoms with Crippen molar-refractivity contribution in [3.8, 4) is 28.7 Å². The summed E-state index contributed by atoms with van der Waals surface area (Å²) in [7, 11) is 1.55. The highest BCUT2D eigenvalue weighted by Gasteiger charge is 2.23. The summed E-state index contributed by atoms with van der Waals surface area (Å²) in [5.41, 5.74) is 3.14. The molecule has 12 heteroatoms. The number of aromatic nitrogens is 5. The zero-order chi connectivity index (χ0) is 28.8. The van der Waals surface area contributed by atoms with Gasteiger partial charge in [0.15, 0.2) is 0 Å². The number of hydrogen-bond donors (Lipinski definition) is 1. The van der Waals surface area contributed by atoms with E-state index >= 15 is 0 Å². The Morgan fingerprint density at radius 1 is 1.20 bits per heavy atom. The summed E-state index contributed by atoms with van der Waals surface area (Å²) in [4.78, 5) is 27.6. The van der Waals surface area contributed by atoms with E-state index in [0.29, 0.717) is 60.5 Å². The number of carbonyl (C=O) groups excluding carboxylic acids is 1. The van der Waals surface area contributed by atoms with Crippen LogP contribution in [0, 0.1) is 11.3 Å². The highest BCUT2D eigenvalue weighted by Crippen LogP contribution is 2.30. The number of methoxy groups -OCH3 is 1. The largest absolute Gasteiger partial charge is 0.495 e. The standard InChI is InChI=1S/C29H30N8O4/c1-19-15-36(8-9-40-19)28(38)22-6-7-25(27(11-22)39-3)35-29-32-13-24(14-33-29)21-4-5-23(12-30)26(10-21)41-20(2)16-37-18-31-17-34-37/h4-7,10-11,13-14,17-20H,8-9,15-16H2,1-3H3,(H,32,33,35)/t19-,20-/m0/s1. The molecule has 1 fully saturated rings. The maximum Gasteiger partial charge on any atom is 0.254 e. The summed E-state index contributed by atoms with van der Waals surface area (Å²) in [5.74, 6) is 1.26. The van der Waals surface area contributed by atoms with Crippen molar-refractivity contribution >= 4 is 17.5 Å². The number of amides is 1. The van der Waals surface area contributed by atoms with Crippen LogP contribution in [0.2, 0.25) is 0 Å². The van der Waals surface area contributed by atoms with Crippen LogP contribution >= 0.6 is 0 Å². The molecule has 2 atom stereocenters. The third-order valence-corrected chi connectivity index (χ3v) is 6.55. The molecule has 0 spiro atoms. The Morgan fingerprint density at radius 3 is 2.73 bits per heavy atom. The number of nitrogens with zero attached hydrogens (tertiary/aromatic N) is 7. The van der Waals surface area contributed by atoms with Crippen molar-refractivity contribution in [2.24, 2.45) is 0 Å². The topological polar surface area (TPSA) is 140 Å². The van der Waals surface area contributed by atoms with Gasteiger partial charge in [0.25, 0.3) is 5.91 Å². The molecule has 41 heavy (non-hydrogen) atoms. The van der Waals surface area contributed by atoms with E-state index in [1.807, 2.05) is 19.9 Å². The minimum absolute atomic E-state index is 0.00744. The predicted molar refractivity (Wildman–Crippen MR) is 150 cm³/mol. The quantitative estimate of drug-likeness (QED) is 0.326. The van der Waals surface area contributed by atoms with Gasteiger partial charge in [-0.3, -0.25) is 4.79 Å². The number of benzene rings is 2. The first-order valence-electron chi connectivity index (χ1n) is 13.1. The molecular weight excluding hydrogens is 524 g/mol. The van der Waals surface area contributed by atoms with Crippen LogP contribution in [0.15, 0.2) is 61.4 Å². The summed E-state index contributed by atoms with van der Waals surface area (Å²) in [6.45, 7) is 5.98. The Bertz CT molecular complexity index is 1540. The van der Waals surface area contributed by atoms with E-state index in [4.69, 9.17) is 14.2 Å². The van der Waals surface area contributed by atoms with Gasteiger partial charge in [0.2, 0.25) is 5.95 Å². The van der Waals surface area contributed by atoms with Crippen molar-refractivity contribution in [3.63, 3.8) is 0 Å². The number of carbonyl (C=O) groups is 1. The van der Waals surface area contributed by atoms with Gasteiger partial charge in [-0.2, -0.15) is 10.4 Å². The summed E-state index contributed by atoms with van der Waals surface area (Å²) in [5, 5.41) is 16.8. The van der Waals surface area contributed by atoms with Crippen molar-refractivity contribution < 1.29 is 19.0 Å². The molecule has 3 heterocycles. The van der Waals surface area contributed by atoms with Gasteiger partial charge in [-0.25, -0.2) is 19.6 Å². The molecule has 1 aliphatic heterocycles. The van der Waals surface area contributed by atoms with E-state index in [9.17, 15) is 10.1 Å². The average molecular weight is 555 g/mol. The van der Waals surface area contributed by atoms with Crippen molar-refractivity contribution in [1.82, 2.24) is 29.6 Å². The van der Waals surface area contributed by atoms with Crippen LogP contribution in [0.1, 0.15) is 29.8 Å². The maximum atomic E-state index is 13.0. The first kappa shape index (κ1) is 27.5. The third kappa shape index (κ3) is 6.59. The first-order valence-corrected chi connectivity index (χ1v) is 13.1. The maximum absolute atomic E-state index is 13.0.